The summed E-state index contributed by atoms with van der Waals surface area (Å²) in [5, 5.41) is 19.9. The smallest absolute Gasteiger partial charge is 0.275 e. The van der Waals surface area contributed by atoms with Crippen molar-refractivity contribution in [3.8, 4) is 0 Å². The van der Waals surface area contributed by atoms with Crippen molar-refractivity contribution in [2.24, 2.45) is 0 Å². The molecule has 0 spiro atoms. The second kappa shape index (κ2) is 6.49. The molecule has 0 amide bonds. The second-order valence-electron chi connectivity index (χ2n) is 4.22. The number of sulfonamides is 1. The van der Waals surface area contributed by atoms with E-state index in [1.165, 1.54) is 6.92 Å². The lowest BCUT2D eigenvalue weighted by molar-refractivity contribution is -0.385. The van der Waals surface area contributed by atoms with Crippen molar-refractivity contribution < 1.29 is 18.4 Å². The number of benzene rings is 1. The molecule has 112 valence electrons. The Bertz CT molecular complexity index is 613. The minimum Gasteiger partial charge on any atom is -0.395 e. The molecule has 7 nitrogen and oxygen atoms in total. The summed E-state index contributed by atoms with van der Waals surface area (Å²) in [6.45, 7) is 2.78. The average Bonchev–Trinajstić information content (AvgIpc) is 2.38. The van der Waals surface area contributed by atoms with Crippen LogP contribution in [-0.4, -0.2) is 31.1 Å². The Hall–Kier alpha value is -1.22. The van der Waals surface area contributed by atoms with E-state index in [0.29, 0.717) is 6.42 Å². The highest BCUT2D eigenvalue weighted by Crippen LogP contribution is 2.29. The molecule has 0 aromatic heterocycles. The number of aliphatic hydroxyl groups excluding tert-OH is 1. The minimum absolute atomic E-state index is 0.00313. The van der Waals surface area contributed by atoms with Crippen LogP contribution >= 0.6 is 11.6 Å². The fourth-order valence-corrected chi connectivity index (χ4v) is 3.16. The zero-order chi connectivity index (χ0) is 15.5. The summed E-state index contributed by atoms with van der Waals surface area (Å²) in [5.74, 6) is 0. The summed E-state index contributed by atoms with van der Waals surface area (Å²) in [6, 6.07) is 1.45. The van der Waals surface area contributed by atoms with Crippen LogP contribution in [0.1, 0.15) is 18.9 Å². The number of halogens is 1. The highest BCUT2D eigenvalue weighted by molar-refractivity contribution is 7.89. The van der Waals surface area contributed by atoms with E-state index >= 15 is 0 Å². The van der Waals surface area contributed by atoms with Crippen LogP contribution in [0.5, 0.6) is 0 Å². The third-order valence-electron chi connectivity index (χ3n) is 2.83. The van der Waals surface area contributed by atoms with Gasteiger partial charge in [-0.3, -0.25) is 10.1 Å². The number of hydrogen-bond donors (Lipinski definition) is 2. The van der Waals surface area contributed by atoms with E-state index in [1.54, 1.807) is 6.92 Å². The summed E-state index contributed by atoms with van der Waals surface area (Å²) in [5.41, 5.74) is -0.167. The monoisotopic (exact) mass is 322 g/mol. The van der Waals surface area contributed by atoms with Crippen LogP contribution in [0, 0.1) is 17.0 Å². The summed E-state index contributed by atoms with van der Waals surface area (Å²) in [6.07, 6.45) is 0.386. The first-order valence-corrected chi connectivity index (χ1v) is 7.66. The Morgan fingerprint density at radius 3 is 2.55 bits per heavy atom. The minimum atomic E-state index is -3.98. The lowest BCUT2D eigenvalue weighted by atomic mass is 10.2. The number of nitrogens with zero attached hydrogens (tertiary/aromatic N) is 1. The van der Waals surface area contributed by atoms with Crippen molar-refractivity contribution in [1.82, 2.24) is 4.72 Å². The number of nitro benzene ring substituents is 1. The molecule has 0 saturated carbocycles. The van der Waals surface area contributed by atoms with Gasteiger partial charge in [-0.1, -0.05) is 18.5 Å². The molecule has 0 aliphatic carbocycles. The number of rotatable bonds is 6. The molecule has 1 atom stereocenters. The standard InChI is InChI=1S/C11H15ClN2O5S/c1-3-8(6-15)13-20(18,19)9-4-10(12)7(2)11(5-9)14(16)17/h4-5,8,13,15H,3,6H2,1-2H3. The quantitative estimate of drug-likeness (QED) is 0.610. The van der Waals surface area contributed by atoms with Crippen LogP contribution in [0.25, 0.3) is 0 Å². The van der Waals surface area contributed by atoms with E-state index in [4.69, 9.17) is 16.7 Å². The fraction of sp³-hybridized carbons (Fsp3) is 0.455. The molecule has 20 heavy (non-hydrogen) atoms. The Labute approximate surface area is 121 Å². The largest absolute Gasteiger partial charge is 0.395 e. The number of nitrogens with one attached hydrogen (secondary N) is 1. The van der Waals surface area contributed by atoms with Gasteiger partial charge in [0.2, 0.25) is 10.0 Å². The predicted octanol–water partition coefficient (Wildman–Crippen LogP) is 1.61. The number of nitro groups is 1. The van der Waals surface area contributed by atoms with Crippen molar-refractivity contribution in [2.45, 2.75) is 31.2 Å². The van der Waals surface area contributed by atoms with Gasteiger partial charge in [0.05, 0.1) is 21.4 Å². The highest BCUT2D eigenvalue weighted by atomic mass is 35.5. The lowest BCUT2D eigenvalue weighted by Gasteiger charge is -2.14. The molecule has 0 radical (unpaired) electrons. The zero-order valence-electron chi connectivity index (χ0n) is 11.0. The van der Waals surface area contributed by atoms with Gasteiger partial charge >= 0.3 is 0 Å². The molecule has 0 heterocycles. The van der Waals surface area contributed by atoms with Gasteiger partial charge in [0, 0.05) is 17.7 Å². The van der Waals surface area contributed by atoms with E-state index in [0.717, 1.165) is 12.1 Å². The normalized spacial score (nSPS) is 13.2. The Morgan fingerprint density at radius 1 is 1.50 bits per heavy atom. The van der Waals surface area contributed by atoms with Crippen LogP contribution < -0.4 is 4.72 Å². The van der Waals surface area contributed by atoms with Gasteiger partial charge in [-0.15, -0.1) is 0 Å². The molecule has 0 bridgehead atoms. The van der Waals surface area contributed by atoms with Gasteiger partial charge in [-0.2, -0.15) is 0 Å². The van der Waals surface area contributed by atoms with Gasteiger partial charge in [0.25, 0.3) is 5.69 Å². The summed E-state index contributed by atoms with van der Waals surface area (Å²) in [7, 11) is -3.98. The van der Waals surface area contributed by atoms with Gasteiger partial charge in [0.1, 0.15) is 0 Å². The number of hydrogen-bond acceptors (Lipinski definition) is 5. The van der Waals surface area contributed by atoms with Gasteiger partial charge in [-0.25, -0.2) is 13.1 Å². The predicted molar refractivity (Wildman–Crippen MR) is 74.3 cm³/mol. The molecule has 0 fully saturated rings. The van der Waals surface area contributed by atoms with E-state index in [9.17, 15) is 18.5 Å². The molecule has 0 saturated heterocycles. The topological polar surface area (TPSA) is 110 Å². The van der Waals surface area contributed by atoms with Gasteiger partial charge in [0.15, 0.2) is 0 Å². The molecule has 2 N–H and O–H groups in total. The maximum Gasteiger partial charge on any atom is 0.275 e. The van der Waals surface area contributed by atoms with E-state index in [2.05, 4.69) is 4.72 Å². The van der Waals surface area contributed by atoms with Crippen LogP contribution in [0.3, 0.4) is 0 Å². The zero-order valence-corrected chi connectivity index (χ0v) is 12.5. The van der Waals surface area contributed by atoms with Crippen molar-refractivity contribution >= 4 is 27.3 Å². The van der Waals surface area contributed by atoms with Crippen LogP contribution in [0.15, 0.2) is 17.0 Å². The van der Waals surface area contributed by atoms with Crippen LogP contribution in [0.2, 0.25) is 5.02 Å². The molecule has 1 unspecified atom stereocenters. The molecule has 1 rings (SSSR count). The van der Waals surface area contributed by atoms with Crippen LogP contribution in [-0.2, 0) is 10.0 Å². The molecule has 1 aromatic rings. The molecule has 0 aliphatic rings. The first kappa shape index (κ1) is 16.8. The van der Waals surface area contributed by atoms with Crippen molar-refractivity contribution in [1.29, 1.82) is 0 Å². The molecule has 9 heteroatoms. The van der Waals surface area contributed by atoms with Crippen molar-refractivity contribution in [2.75, 3.05) is 6.61 Å². The summed E-state index contributed by atoms with van der Waals surface area (Å²) in [4.78, 5) is 9.89. The summed E-state index contributed by atoms with van der Waals surface area (Å²) < 4.78 is 26.5. The lowest BCUT2D eigenvalue weighted by Crippen LogP contribution is -2.36. The molecular formula is C11H15ClN2O5S. The van der Waals surface area contributed by atoms with Crippen molar-refractivity contribution in [3.05, 3.63) is 32.8 Å². The second-order valence-corrected chi connectivity index (χ2v) is 6.34. The van der Waals surface area contributed by atoms with Crippen molar-refractivity contribution in [3.63, 3.8) is 0 Å². The summed E-state index contributed by atoms with van der Waals surface area (Å²) >= 11 is 5.83. The van der Waals surface area contributed by atoms with E-state index < -0.39 is 21.0 Å². The Morgan fingerprint density at radius 2 is 2.10 bits per heavy atom. The Kier molecular flexibility index (Phi) is 5.46. The molecule has 0 aliphatic heterocycles. The molecular weight excluding hydrogens is 308 g/mol. The number of aliphatic hydroxyl groups is 1. The highest BCUT2D eigenvalue weighted by Gasteiger charge is 2.24. The third-order valence-corrected chi connectivity index (χ3v) is 4.72. The maximum absolute atomic E-state index is 12.1. The molecule has 1 aromatic carbocycles. The average molecular weight is 323 g/mol. The first-order valence-electron chi connectivity index (χ1n) is 5.80. The van der Waals surface area contributed by atoms with E-state index in [-0.39, 0.29) is 27.8 Å². The first-order chi connectivity index (χ1) is 9.22. The third kappa shape index (κ3) is 3.66. The fourth-order valence-electron chi connectivity index (χ4n) is 1.52. The maximum atomic E-state index is 12.1. The SMILES string of the molecule is CCC(CO)NS(=O)(=O)c1cc(Cl)c(C)c([N+](=O)[O-])c1. The van der Waals surface area contributed by atoms with Gasteiger partial charge < -0.3 is 5.11 Å². The van der Waals surface area contributed by atoms with Gasteiger partial charge in [-0.05, 0) is 19.4 Å². The van der Waals surface area contributed by atoms with Crippen LogP contribution in [0.4, 0.5) is 5.69 Å². The Balaban J connectivity index is 3.29. The van der Waals surface area contributed by atoms with E-state index in [1.807, 2.05) is 0 Å².